The third-order valence-corrected chi connectivity index (χ3v) is 5.88. The topological polar surface area (TPSA) is 113 Å². The van der Waals surface area contributed by atoms with Crippen molar-refractivity contribution < 1.29 is 9.59 Å². The minimum atomic E-state index is -0.345. The first-order valence-electron chi connectivity index (χ1n) is 10.7. The molecule has 1 saturated carbocycles. The van der Waals surface area contributed by atoms with Crippen molar-refractivity contribution in [3.05, 3.63) is 45.6 Å². The normalized spacial score (nSPS) is 19.0. The third kappa shape index (κ3) is 4.77. The maximum atomic E-state index is 13.0. The Kier molecular flexibility index (Phi) is 5.96. The molecular formula is C21H28N6O3. The van der Waals surface area contributed by atoms with Crippen LogP contribution in [0.5, 0.6) is 0 Å². The van der Waals surface area contributed by atoms with Gasteiger partial charge in [0.15, 0.2) is 5.69 Å². The summed E-state index contributed by atoms with van der Waals surface area (Å²) in [5.74, 6) is 0.195. The quantitative estimate of drug-likeness (QED) is 0.716. The maximum Gasteiger partial charge on any atom is 0.273 e. The van der Waals surface area contributed by atoms with E-state index in [1.807, 2.05) is 4.90 Å². The van der Waals surface area contributed by atoms with Crippen molar-refractivity contribution in [1.82, 2.24) is 30.2 Å². The molecular weight excluding hydrogens is 384 g/mol. The Morgan fingerprint density at radius 2 is 2.07 bits per heavy atom. The molecule has 2 N–H and O–H groups in total. The van der Waals surface area contributed by atoms with Gasteiger partial charge in [-0.25, -0.2) is 0 Å². The van der Waals surface area contributed by atoms with Gasteiger partial charge in [0.05, 0.1) is 6.20 Å². The molecule has 2 fully saturated rings. The number of rotatable bonds is 7. The SMILES string of the molecule is Cc1ccc(C(=O)N2CCCCC2CCn2cc(C(=O)NCC3CC3)nn2)c(=O)[nH]1. The summed E-state index contributed by atoms with van der Waals surface area (Å²) in [7, 11) is 0. The Labute approximate surface area is 174 Å². The first-order valence-corrected chi connectivity index (χ1v) is 10.7. The Bertz CT molecular complexity index is 977. The van der Waals surface area contributed by atoms with Crippen LogP contribution >= 0.6 is 0 Å². The molecule has 2 aliphatic rings. The summed E-state index contributed by atoms with van der Waals surface area (Å²) in [6, 6.07) is 3.38. The molecule has 3 heterocycles. The number of hydrogen-bond donors (Lipinski definition) is 2. The van der Waals surface area contributed by atoms with E-state index >= 15 is 0 Å². The predicted molar refractivity (Wildman–Crippen MR) is 110 cm³/mol. The molecule has 2 aromatic rings. The lowest BCUT2D eigenvalue weighted by Crippen LogP contribution is -2.45. The zero-order chi connectivity index (χ0) is 21.1. The number of nitrogens with zero attached hydrogens (tertiary/aromatic N) is 4. The zero-order valence-corrected chi connectivity index (χ0v) is 17.3. The van der Waals surface area contributed by atoms with Crippen LogP contribution in [0.25, 0.3) is 0 Å². The van der Waals surface area contributed by atoms with Crippen molar-refractivity contribution in [1.29, 1.82) is 0 Å². The molecule has 1 atom stereocenters. The molecule has 0 radical (unpaired) electrons. The van der Waals surface area contributed by atoms with Crippen molar-refractivity contribution in [2.45, 2.75) is 58.0 Å². The van der Waals surface area contributed by atoms with Gasteiger partial charge >= 0.3 is 0 Å². The molecule has 1 aliphatic heterocycles. The number of carbonyl (C=O) groups excluding carboxylic acids is 2. The second kappa shape index (κ2) is 8.81. The standard InChI is InChI=1S/C21H28N6O3/c1-14-5-8-17(19(28)23-14)21(30)27-10-3-2-4-16(27)9-11-26-13-18(24-25-26)20(29)22-12-15-6-7-15/h5,8,13,15-16H,2-4,6-7,9-12H2,1H3,(H,22,29)(H,23,28). The van der Waals surface area contributed by atoms with Crippen molar-refractivity contribution >= 4 is 11.8 Å². The zero-order valence-electron chi connectivity index (χ0n) is 17.3. The molecule has 1 saturated heterocycles. The number of amides is 2. The molecule has 4 rings (SSSR count). The van der Waals surface area contributed by atoms with Crippen LogP contribution in [0.4, 0.5) is 0 Å². The van der Waals surface area contributed by atoms with E-state index < -0.39 is 0 Å². The van der Waals surface area contributed by atoms with Gasteiger partial charge in [0.25, 0.3) is 17.4 Å². The van der Waals surface area contributed by atoms with E-state index in [1.165, 1.54) is 12.8 Å². The lowest BCUT2D eigenvalue weighted by atomic mass is 9.98. The predicted octanol–water partition coefficient (Wildman–Crippen LogP) is 1.50. The first-order chi connectivity index (χ1) is 14.5. The van der Waals surface area contributed by atoms with Gasteiger partial charge in [-0.15, -0.1) is 5.10 Å². The summed E-state index contributed by atoms with van der Waals surface area (Å²) in [5.41, 5.74) is 0.888. The molecule has 0 aromatic carbocycles. The highest BCUT2D eigenvalue weighted by Crippen LogP contribution is 2.27. The highest BCUT2D eigenvalue weighted by Gasteiger charge is 2.29. The monoisotopic (exact) mass is 412 g/mol. The third-order valence-electron chi connectivity index (χ3n) is 5.88. The van der Waals surface area contributed by atoms with Crippen LogP contribution in [0, 0.1) is 12.8 Å². The second-order valence-electron chi connectivity index (χ2n) is 8.34. The smallest absolute Gasteiger partial charge is 0.273 e. The first kappa shape index (κ1) is 20.3. The van der Waals surface area contributed by atoms with Gasteiger partial charge in [0, 0.05) is 31.4 Å². The van der Waals surface area contributed by atoms with Gasteiger partial charge in [0.2, 0.25) is 0 Å². The summed E-state index contributed by atoms with van der Waals surface area (Å²) in [5, 5.41) is 10.9. The van der Waals surface area contributed by atoms with Crippen molar-refractivity contribution in [3.8, 4) is 0 Å². The highest BCUT2D eigenvalue weighted by atomic mass is 16.2. The number of aromatic amines is 1. The van der Waals surface area contributed by atoms with Crippen LogP contribution in [0.3, 0.4) is 0 Å². The fourth-order valence-corrected chi connectivity index (χ4v) is 3.91. The van der Waals surface area contributed by atoms with Crippen LogP contribution in [0.15, 0.2) is 23.1 Å². The van der Waals surface area contributed by atoms with Crippen LogP contribution in [0.2, 0.25) is 0 Å². The van der Waals surface area contributed by atoms with Crippen molar-refractivity contribution in [2.75, 3.05) is 13.1 Å². The second-order valence-corrected chi connectivity index (χ2v) is 8.34. The van der Waals surface area contributed by atoms with Gasteiger partial charge in [0.1, 0.15) is 5.56 Å². The Balaban J connectivity index is 1.37. The van der Waals surface area contributed by atoms with Crippen LogP contribution in [-0.2, 0) is 6.54 Å². The van der Waals surface area contributed by atoms with E-state index in [1.54, 1.807) is 29.9 Å². The Morgan fingerprint density at radius 3 is 2.83 bits per heavy atom. The maximum absolute atomic E-state index is 13.0. The largest absolute Gasteiger partial charge is 0.350 e. The molecule has 2 aromatic heterocycles. The summed E-state index contributed by atoms with van der Waals surface area (Å²) in [6.07, 6.45) is 7.57. The van der Waals surface area contributed by atoms with Crippen LogP contribution < -0.4 is 10.9 Å². The molecule has 2 amide bonds. The molecule has 9 nitrogen and oxygen atoms in total. The molecule has 1 aliphatic carbocycles. The average molecular weight is 412 g/mol. The van der Waals surface area contributed by atoms with E-state index in [0.29, 0.717) is 37.7 Å². The number of nitrogens with one attached hydrogen (secondary N) is 2. The van der Waals surface area contributed by atoms with E-state index in [4.69, 9.17) is 0 Å². The molecule has 9 heteroatoms. The summed E-state index contributed by atoms with van der Waals surface area (Å²) >= 11 is 0. The Hall–Kier alpha value is -2.97. The fraction of sp³-hybridized carbons (Fsp3) is 0.571. The number of aryl methyl sites for hydroxylation is 2. The number of carbonyl (C=O) groups is 2. The van der Waals surface area contributed by atoms with Gasteiger partial charge in [-0.1, -0.05) is 5.21 Å². The van der Waals surface area contributed by atoms with Gasteiger partial charge < -0.3 is 15.2 Å². The molecule has 0 bridgehead atoms. The van der Waals surface area contributed by atoms with Crippen molar-refractivity contribution in [3.63, 3.8) is 0 Å². The van der Waals surface area contributed by atoms with Gasteiger partial charge in [-0.05, 0) is 63.5 Å². The lowest BCUT2D eigenvalue weighted by Gasteiger charge is -2.35. The summed E-state index contributed by atoms with van der Waals surface area (Å²) in [6.45, 7) is 3.69. The number of H-pyrrole nitrogens is 1. The van der Waals surface area contributed by atoms with Crippen molar-refractivity contribution in [2.24, 2.45) is 5.92 Å². The van der Waals surface area contributed by atoms with Crippen LogP contribution in [-0.4, -0.2) is 55.8 Å². The molecule has 160 valence electrons. The van der Waals surface area contributed by atoms with Crippen LogP contribution in [0.1, 0.15) is 65.1 Å². The van der Waals surface area contributed by atoms with E-state index in [2.05, 4.69) is 20.6 Å². The average Bonchev–Trinajstić information content (AvgIpc) is 3.45. The minimum Gasteiger partial charge on any atom is -0.350 e. The van der Waals surface area contributed by atoms with E-state index in [-0.39, 0.29) is 29.0 Å². The number of aromatic nitrogens is 4. The van der Waals surface area contributed by atoms with E-state index in [9.17, 15) is 14.4 Å². The molecule has 0 spiro atoms. The fourth-order valence-electron chi connectivity index (χ4n) is 3.91. The van der Waals surface area contributed by atoms with E-state index in [0.717, 1.165) is 25.0 Å². The molecule has 1 unspecified atom stereocenters. The number of likely N-dealkylation sites (tertiary alicyclic amines) is 1. The Morgan fingerprint density at radius 1 is 1.23 bits per heavy atom. The van der Waals surface area contributed by atoms with Gasteiger partial charge in [-0.3, -0.25) is 19.1 Å². The number of pyridine rings is 1. The summed E-state index contributed by atoms with van der Waals surface area (Å²) < 4.78 is 1.65. The minimum absolute atomic E-state index is 0.0308. The molecule has 30 heavy (non-hydrogen) atoms. The van der Waals surface area contributed by atoms with Gasteiger partial charge in [-0.2, -0.15) is 0 Å². The number of piperidine rings is 1. The summed E-state index contributed by atoms with van der Waals surface area (Å²) in [4.78, 5) is 41.9. The highest BCUT2D eigenvalue weighted by molar-refractivity contribution is 5.94. The lowest BCUT2D eigenvalue weighted by molar-refractivity contribution is 0.0591. The number of hydrogen-bond acceptors (Lipinski definition) is 5.